The van der Waals surface area contributed by atoms with E-state index in [9.17, 15) is 14.4 Å². The largest absolute Gasteiger partial charge is 0.376 e. The molecule has 7 heteroatoms. The third-order valence-corrected chi connectivity index (χ3v) is 4.44. The molecule has 2 rings (SSSR count). The van der Waals surface area contributed by atoms with E-state index >= 15 is 0 Å². The Labute approximate surface area is 171 Å². The van der Waals surface area contributed by atoms with Crippen LogP contribution in [0.5, 0.6) is 0 Å². The molecule has 0 saturated carbocycles. The molecular weight excluding hydrogens is 368 g/mol. The topological polar surface area (TPSA) is 81.8 Å². The van der Waals surface area contributed by atoms with Gasteiger partial charge in [-0.25, -0.2) is 0 Å². The van der Waals surface area contributed by atoms with Gasteiger partial charge in [-0.2, -0.15) is 0 Å². The van der Waals surface area contributed by atoms with Crippen molar-refractivity contribution < 1.29 is 14.4 Å². The van der Waals surface area contributed by atoms with E-state index in [-0.39, 0.29) is 24.3 Å². The summed E-state index contributed by atoms with van der Waals surface area (Å²) in [5, 5.41) is 5.82. The molecule has 0 spiro atoms. The highest BCUT2D eigenvalue weighted by molar-refractivity contribution is 5.98. The smallest absolute Gasteiger partial charge is 0.253 e. The van der Waals surface area contributed by atoms with Crippen LogP contribution in [0, 0.1) is 0 Å². The van der Waals surface area contributed by atoms with E-state index in [0.717, 1.165) is 5.69 Å². The molecule has 3 amide bonds. The van der Waals surface area contributed by atoms with E-state index in [2.05, 4.69) is 10.6 Å². The zero-order valence-corrected chi connectivity index (χ0v) is 17.4. The van der Waals surface area contributed by atoms with Crippen molar-refractivity contribution in [2.45, 2.75) is 13.8 Å². The number of carbonyl (C=O) groups is 3. The second-order valence-corrected chi connectivity index (χ2v) is 6.74. The lowest BCUT2D eigenvalue weighted by Gasteiger charge is -2.19. The van der Waals surface area contributed by atoms with Gasteiger partial charge in [-0.3, -0.25) is 14.4 Å². The molecule has 0 radical (unpaired) electrons. The van der Waals surface area contributed by atoms with Gasteiger partial charge in [-0.05, 0) is 56.3 Å². The summed E-state index contributed by atoms with van der Waals surface area (Å²) < 4.78 is 0. The molecule has 0 aliphatic heterocycles. The van der Waals surface area contributed by atoms with E-state index < -0.39 is 0 Å². The van der Waals surface area contributed by atoms with Crippen molar-refractivity contribution >= 4 is 29.1 Å². The van der Waals surface area contributed by atoms with Crippen molar-refractivity contribution in [2.24, 2.45) is 0 Å². The molecule has 29 heavy (non-hydrogen) atoms. The van der Waals surface area contributed by atoms with Crippen LogP contribution in [0.4, 0.5) is 11.4 Å². The SMILES string of the molecule is CCN(CC)C(=O)c1cccc(NC(=O)CNc2ccc(C(=O)N(C)C)cc2)c1. The average Bonchev–Trinajstić information content (AvgIpc) is 2.73. The van der Waals surface area contributed by atoms with Crippen LogP contribution in [0.1, 0.15) is 34.6 Å². The van der Waals surface area contributed by atoms with E-state index in [0.29, 0.717) is 29.9 Å². The first kappa shape index (κ1) is 21.9. The molecule has 154 valence electrons. The Bertz CT molecular complexity index is 859. The molecular formula is C22H28N4O3. The molecule has 2 aromatic carbocycles. The summed E-state index contributed by atoms with van der Waals surface area (Å²) >= 11 is 0. The molecule has 0 aromatic heterocycles. The van der Waals surface area contributed by atoms with Crippen molar-refractivity contribution in [2.75, 3.05) is 44.4 Å². The summed E-state index contributed by atoms with van der Waals surface area (Å²) in [6.07, 6.45) is 0. The van der Waals surface area contributed by atoms with Crippen LogP contribution in [0.3, 0.4) is 0 Å². The van der Waals surface area contributed by atoms with E-state index in [4.69, 9.17) is 0 Å². The fraction of sp³-hybridized carbons (Fsp3) is 0.318. The summed E-state index contributed by atoms with van der Waals surface area (Å²) in [6.45, 7) is 5.20. The molecule has 0 aliphatic rings. The normalized spacial score (nSPS) is 10.2. The van der Waals surface area contributed by atoms with Gasteiger partial charge in [-0.1, -0.05) is 6.07 Å². The summed E-state index contributed by atoms with van der Waals surface area (Å²) in [4.78, 5) is 39.8. The predicted octanol–water partition coefficient (Wildman–Crippen LogP) is 2.92. The van der Waals surface area contributed by atoms with Gasteiger partial charge in [-0.15, -0.1) is 0 Å². The third kappa shape index (κ3) is 6.07. The minimum Gasteiger partial charge on any atom is -0.376 e. The van der Waals surface area contributed by atoms with Gasteiger partial charge in [0, 0.05) is 49.7 Å². The zero-order valence-electron chi connectivity index (χ0n) is 17.4. The Morgan fingerprint density at radius 3 is 2.07 bits per heavy atom. The van der Waals surface area contributed by atoms with E-state index in [1.54, 1.807) is 67.5 Å². The predicted molar refractivity (Wildman–Crippen MR) is 115 cm³/mol. The van der Waals surface area contributed by atoms with Gasteiger partial charge in [0.2, 0.25) is 5.91 Å². The van der Waals surface area contributed by atoms with Crippen molar-refractivity contribution in [1.29, 1.82) is 0 Å². The maximum absolute atomic E-state index is 12.4. The Hall–Kier alpha value is -3.35. The van der Waals surface area contributed by atoms with Crippen molar-refractivity contribution in [3.05, 3.63) is 59.7 Å². The van der Waals surface area contributed by atoms with Gasteiger partial charge in [0.25, 0.3) is 11.8 Å². The number of benzene rings is 2. The Kier molecular flexibility index (Phi) is 7.77. The van der Waals surface area contributed by atoms with Crippen LogP contribution in [0.2, 0.25) is 0 Å². The summed E-state index contributed by atoms with van der Waals surface area (Å²) in [7, 11) is 3.40. The summed E-state index contributed by atoms with van der Waals surface area (Å²) in [5.74, 6) is -0.365. The quantitative estimate of drug-likeness (QED) is 0.719. The highest BCUT2D eigenvalue weighted by Gasteiger charge is 2.13. The van der Waals surface area contributed by atoms with Gasteiger partial charge >= 0.3 is 0 Å². The Morgan fingerprint density at radius 1 is 0.828 bits per heavy atom. The number of nitrogens with zero attached hydrogens (tertiary/aromatic N) is 2. The monoisotopic (exact) mass is 396 g/mol. The number of carbonyl (C=O) groups excluding carboxylic acids is 3. The van der Waals surface area contributed by atoms with Crippen LogP contribution >= 0.6 is 0 Å². The first-order valence-corrected chi connectivity index (χ1v) is 9.60. The molecule has 0 atom stereocenters. The number of hydrogen-bond donors (Lipinski definition) is 2. The molecule has 0 aliphatic carbocycles. The number of hydrogen-bond acceptors (Lipinski definition) is 4. The lowest BCUT2D eigenvalue weighted by atomic mass is 10.1. The molecule has 0 bridgehead atoms. The highest BCUT2D eigenvalue weighted by atomic mass is 16.2. The van der Waals surface area contributed by atoms with Crippen LogP contribution in [0.15, 0.2) is 48.5 Å². The second kappa shape index (κ2) is 10.3. The molecule has 0 heterocycles. The Morgan fingerprint density at radius 2 is 1.48 bits per heavy atom. The molecule has 0 fully saturated rings. The van der Waals surface area contributed by atoms with E-state index in [1.807, 2.05) is 13.8 Å². The van der Waals surface area contributed by atoms with Crippen molar-refractivity contribution in [3.8, 4) is 0 Å². The van der Waals surface area contributed by atoms with Gasteiger partial charge in [0.1, 0.15) is 0 Å². The van der Waals surface area contributed by atoms with E-state index in [1.165, 1.54) is 4.90 Å². The minimum absolute atomic E-state index is 0.0587. The molecule has 0 unspecified atom stereocenters. The lowest BCUT2D eigenvalue weighted by Crippen LogP contribution is -2.30. The third-order valence-electron chi connectivity index (χ3n) is 4.44. The average molecular weight is 396 g/mol. The molecule has 2 N–H and O–H groups in total. The van der Waals surface area contributed by atoms with Gasteiger partial charge in [0.15, 0.2) is 0 Å². The van der Waals surface area contributed by atoms with Crippen LogP contribution in [0.25, 0.3) is 0 Å². The standard InChI is InChI=1S/C22H28N4O3/c1-5-26(6-2)22(29)17-8-7-9-19(14-17)24-20(27)15-23-18-12-10-16(11-13-18)21(28)25(3)4/h7-14,23H,5-6,15H2,1-4H3,(H,24,27). The first-order valence-electron chi connectivity index (χ1n) is 9.60. The van der Waals surface area contributed by atoms with Gasteiger partial charge in [0.05, 0.1) is 6.54 Å². The van der Waals surface area contributed by atoms with Crippen LogP contribution in [-0.4, -0.2) is 61.3 Å². The molecule has 2 aromatic rings. The fourth-order valence-electron chi connectivity index (χ4n) is 2.80. The summed E-state index contributed by atoms with van der Waals surface area (Å²) in [6, 6.07) is 13.9. The Balaban J connectivity index is 1.93. The summed E-state index contributed by atoms with van der Waals surface area (Å²) in [5.41, 5.74) is 2.43. The number of anilines is 2. The minimum atomic E-state index is -0.231. The van der Waals surface area contributed by atoms with Gasteiger partial charge < -0.3 is 20.4 Å². The fourth-order valence-corrected chi connectivity index (χ4v) is 2.80. The zero-order chi connectivity index (χ0) is 21.4. The number of nitrogens with one attached hydrogen (secondary N) is 2. The first-order chi connectivity index (χ1) is 13.8. The highest BCUT2D eigenvalue weighted by Crippen LogP contribution is 2.14. The van der Waals surface area contributed by atoms with Crippen molar-refractivity contribution in [3.63, 3.8) is 0 Å². The lowest BCUT2D eigenvalue weighted by molar-refractivity contribution is -0.114. The number of amides is 3. The van der Waals surface area contributed by atoms with Crippen molar-refractivity contribution in [1.82, 2.24) is 9.80 Å². The molecule has 0 saturated heterocycles. The maximum Gasteiger partial charge on any atom is 0.253 e. The van der Waals surface area contributed by atoms with Crippen LogP contribution in [-0.2, 0) is 4.79 Å². The second-order valence-electron chi connectivity index (χ2n) is 6.74. The van der Waals surface area contributed by atoms with Crippen LogP contribution < -0.4 is 10.6 Å². The number of rotatable bonds is 8. The molecule has 7 nitrogen and oxygen atoms in total. The maximum atomic E-state index is 12.4.